The number of carbonyl (C=O) groups is 1. The number of hydrogen-bond donors (Lipinski definition) is 1. The minimum Gasteiger partial charge on any atom is -0.337 e. The molecule has 0 bridgehead atoms. The van der Waals surface area contributed by atoms with Gasteiger partial charge in [0.1, 0.15) is 17.2 Å². The number of benzene rings is 1. The number of likely N-dealkylation sites (tertiary alicyclic amines) is 1. The molecule has 1 fully saturated rings. The second-order valence-electron chi connectivity index (χ2n) is 4.40. The maximum atomic E-state index is 13.7. The predicted molar refractivity (Wildman–Crippen MR) is 74.4 cm³/mol. The lowest BCUT2D eigenvalue weighted by Crippen LogP contribution is -2.46. The maximum absolute atomic E-state index is 13.7. The Hall–Kier alpha value is -0.720. The van der Waals surface area contributed by atoms with Crippen molar-refractivity contribution in [3.05, 3.63) is 33.8 Å². The summed E-state index contributed by atoms with van der Waals surface area (Å²) < 4.78 is 27.6. The van der Waals surface area contributed by atoms with Crippen molar-refractivity contribution in [2.75, 3.05) is 13.1 Å². The standard InChI is InChI=1S/C12H13BrF2N2O.ClH/c13-7-4-9(14)11(10(15)5-7)12(18)17-3-1-2-8(16)6-17;/h4-5,8H,1-3,6,16H2;1H/t8-;/m1./s1. The summed E-state index contributed by atoms with van der Waals surface area (Å²) >= 11 is 2.98. The summed E-state index contributed by atoms with van der Waals surface area (Å²) in [6, 6.07) is 2.05. The molecule has 0 saturated carbocycles. The summed E-state index contributed by atoms with van der Waals surface area (Å²) in [5.41, 5.74) is 5.25. The molecule has 1 aliphatic rings. The number of rotatable bonds is 1. The number of hydrogen-bond acceptors (Lipinski definition) is 2. The second kappa shape index (κ2) is 6.63. The van der Waals surface area contributed by atoms with E-state index >= 15 is 0 Å². The highest BCUT2D eigenvalue weighted by Gasteiger charge is 2.27. The zero-order valence-corrected chi connectivity index (χ0v) is 12.4. The highest BCUT2D eigenvalue weighted by atomic mass is 79.9. The first-order valence-electron chi connectivity index (χ1n) is 5.68. The largest absolute Gasteiger partial charge is 0.337 e. The molecular weight excluding hydrogens is 341 g/mol. The Morgan fingerprint density at radius 1 is 1.37 bits per heavy atom. The van der Waals surface area contributed by atoms with Crippen molar-refractivity contribution >= 4 is 34.2 Å². The molecule has 0 radical (unpaired) electrons. The number of piperidine rings is 1. The number of nitrogens with two attached hydrogens (primary N) is 1. The first-order valence-corrected chi connectivity index (χ1v) is 6.47. The van der Waals surface area contributed by atoms with Gasteiger partial charge in [0.15, 0.2) is 0 Å². The minimum atomic E-state index is -0.856. The van der Waals surface area contributed by atoms with Crippen LogP contribution in [0.15, 0.2) is 16.6 Å². The van der Waals surface area contributed by atoms with Crippen LogP contribution in [0, 0.1) is 11.6 Å². The molecule has 2 N–H and O–H groups in total. The molecule has 0 aliphatic carbocycles. The van der Waals surface area contributed by atoms with Crippen molar-refractivity contribution in [3.8, 4) is 0 Å². The van der Waals surface area contributed by atoms with Crippen LogP contribution >= 0.6 is 28.3 Å². The van der Waals surface area contributed by atoms with Crippen LogP contribution in [0.25, 0.3) is 0 Å². The van der Waals surface area contributed by atoms with Gasteiger partial charge in [-0.1, -0.05) is 15.9 Å². The normalized spacial score (nSPS) is 18.9. The van der Waals surface area contributed by atoms with E-state index in [1.807, 2.05) is 0 Å². The topological polar surface area (TPSA) is 46.3 Å². The highest BCUT2D eigenvalue weighted by molar-refractivity contribution is 9.10. The summed E-state index contributed by atoms with van der Waals surface area (Å²) in [5, 5.41) is 0. The first-order chi connectivity index (χ1) is 8.49. The summed E-state index contributed by atoms with van der Waals surface area (Å²) in [6.45, 7) is 0.829. The van der Waals surface area contributed by atoms with Crippen LogP contribution in [-0.2, 0) is 0 Å². The third-order valence-electron chi connectivity index (χ3n) is 2.97. The van der Waals surface area contributed by atoms with Gasteiger partial charge < -0.3 is 10.6 Å². The maximum Gasteiger partial charge on any atom is 0.259 e. The molecule has 1 amide bonds. The fourth-order valence-electron chi connectivity index (χ4n) is 2.10. The van der Waals surface area contributed by atoms with Gasteiger partial charge in [0, 0.05) is 23.6 Å². The van der Waals surface area contributed by atoms with Crippen molar-refractivity contribution in [2.45, 2.75) is 18.9 Å². The van der Waals surface area contributed by atoms with Crippen LogP contribution in [0.2, 0.25) is 0 Å². The molecule has 2 rings (SSSR count). The molecule has 7 heteroatoms. The minimum absolute atomic E-state index is 0. The Kier molecular flexibility index (Phi) is 5.70. The number of halogens is 4. The summed E-state index contributed by atoms with van der Waals surface area (Å²) in [4.78, 5) is 13.5. The third-order valence-corrected chi connectivity index (χ3v) is 3.42. The second-order valence-corrected chi connectivity index (χ2v) is 5.31. The lowest BCUT2D eigenvalue weighted by atomic mass is 10.0. The Balaban J connectivity index is 0.00000180. The summed E-state index contributed by atoms with van der Waals surface area (Å²) in [5.74, 6) is -2.34. The molecule has 106 valence electrons. The molecule has 1 aromatic carbocycles. The fourth-order valence-corrected chi connectivity index (χ4v) is 2.50. The molecule has 1 heterocycles. The molecule has 1 aliphatic heterocycles. The third kappa shape index (κ3) is 3.64. The molecule has 0 spiro atoms. The molecule has 1 saturated heterocycles. The summed E-state index contributed by atoms with van der Waals surface area (Å²) in [6.07, 6.45) is 1.59. The van der Waals surface area contributed by atoms with Gasteiger partial charge in [0.05, 0.1) is 0 Å². The van der Waals surface area contributed by atoms with E-state index in [2.05, 4.69) is 15.9 Å². The smallest absolute Gasteiger partial charge is 0.259 e. The lowest BCUT2D eigenvalue weighted by molar-refractivity contribution is 0.0699. The van der Waals surface area contributed by atoms with Crippen LogP contribution in [0.3, 0.4) is 0 Å². The van der Waals surface area contributed by atoms with Crippen molar-refractivity contribution in [2.24, 2.45) is 5.73 Å². The first kappa shape index (κ1) is 16.3. The van der Waals surface area contributed by atoms with Gasteiger partial charge in [-0.25, -0.2) is 8.78 Å². The van der Waals surface area contributed by atoms with Gasteiger partial charge >= 0.3 is 0 Å². The average Bonchev–Trinajstić information content (AvgIpc) is 2.27. The van der Waals surface area contributed by atoms with Gasteiger partial charge in [-0.3, -0.25) is 4.79 Å². The van der Waals surface area contributed by atoms with Gasteiger partial charge in [-0.05, 0) is 25.0 Å². The molecule has 19 heavy (non-hydrogen) atoms. The van der Waals surface area contributed by atoms with E-state index in [0.717, 1.165) is 25.0 Å². The molecule has 3 nitrogen and oxygen atoms in total. The number of nitrogens with zero attached hydrogens (tertiary/aromatic N) is 1. The Bertz CT molecular complexity index is 464. The molecular formula is C12H14BrClF2N2O. The van der Waals surface area contributed by atoms with Gasteiger partial charge in [-0.15, -0.1) is 12.4 Å². The van der Waals surface area contributed by atoms with Crippen LogP contribution < -0.4 is 5.73 Å². The van der Waals surface area contributed by atoms with E-state index in [9.17, 15) is 13.6 Å². The monoisotopic (exact) mass is 354 g/mol. The van der Waals surface area contributed by atoms with Crippen molar-refractivity contribution in [3.63, 3.8) is 0 Å². The average molecular weight is 356 g/mol. The van der Waals surface area contributed by atoms with Crippen LogP contribution in [0.5, 0.6) is 0 Å². The van der Waals surface area contributed by atoms with E-state index in [1.165, 1.54) is 4.90 Å². The van der Waals surface area contributed by atoms with Crippen molar-refractivity contribution < 1.29 is 13.6 Å². The quantitative estimate of drug-likeness (QED) is 0.842. The van der Waals surface area contributed by atoms with Crippen LogP contribution in [0.4, 0.5) is 8.78 Å². The Morgan fingerprint density at radius 2 is 1.95 bits per heavy atom. The predicted octanol–water partition coefficient (Wildman–Crippen LogP) is 2.71. The zero-order valence-electron chi connectivity index (χ0n) is 10.0. The van der Waals surface area contributed by atoms with E-state index in [4.69, 9.17) is 5.73 Å². The van der Waals surface area contributed by atoms with Crippen molar-refractivity contribution in [1.29, 1.82) is 0 Å². The van der Waals surface area contributed by atoms with E-state index in [-0.39, 0.29) is 22.9 Å². The highest BCUT2D eigenvalue weighted by Crippen LogP contribution is 2.22. The van der Waals surface area contributed by atoms with E-state index in [0.29, 0.717) is 13.1 Å². The molecule has 1 atom stereocenters. The fraction of sp³-hybridized carbons (Fsp3) is 0.417. The summed E-state index contributed by atoms with van der Waals surface area (Å²) in [7, 11) is 0. The molecule has 0 aromatic heterocycles. The zero-order chi connectivity index (χ0) is 13.3. The Labute approximate surface area is 124 Å². The number of carbonyl (C=O) groups excluding carboxylic acids is 1. The van der Waals surface area contributed by atoms with E-state index in [1.54, 1.807) is 0 Å². The number of amides is 1. The SMILES string of the molecule is Cl.N[C@@H]1CCCN(C(=O)c2c(F)cc(Br)cc2F)C1. The molecule has 1 aromatic rings. The lowest BCUT2D eigenvalue weighted by Gasteiger charge is -2.31. The van der Waals surface area contributed by atoms with Crippen LogP contribution in [-0.4, -0.2) is 29.9 Å². The van der Waals surface area contributed by atoms with Crippen LogP contribution in [0.1, 0.15) is 23.2 Å². The van der Waals surface area contributed by atoms with E-state index < -0.39 is 23.1 Å². The van der Waals surface area contributed by atoms with Gasteiger partial charge in [0.25, 0.3) is 5.91 Å². The Morgan fingerprint density at radius 3 is 2.47 bits per heavy atom. The van der Waals surface area contributed by atoms with Crippen molar-refractivity contribution in [1.82, 2.24) is 4.90 Å². The van der Waals surface area contributed by atoms with Gasteiger partial charge in [-0.2, -0.15) is 0 Å². The van der Waals surface area contributed by atoms with Gasteiger partial charge in [0.2, 0.25) is 0 Å². The molecule has 0 unspecified atom stereocenters.